The van der Waals surface area contributed by atoms with E-state index in [1.54, 1.807) is 6.92 Å². The average molecular weight is 203 g/mol. The number of nitrogens with one attached hydrogen (secondary N) is 1. The van der Waals surface area contributed by atoms with Crippen LogP contribution >= 0.6 is 0 Å². The molecule has 5 heteroatoms. The Hall–Kier alpha value is -0.650. The Bertz CT molecular complexity index is 229. The molecule has 3 N–H and O–H groups in total. The molecular weight excluding hydrogens is 186 g/mol. The molecule has 1 aliphatic heterocycles. The van der Waals surface area contributed by atoms with Crippen LogP contribution in [0.2, 0.25) is 0 Å². The van der Waals surface area contributed by atoms with Crippen LogP contribution in [-0.4, -0.2) is 40.2 Å². The predicted octanol–water partition coefficient (Wildman–Crippen LogP) is -0.631. The number of amides is 1. The van der Waals surface area contributed by atoms with Crippen molar-refractivity contribution >= 4 is 5.91 Å². The second kappa shape index (κ2) is 3.84. The monoisotopic (exact) mass is 203 g/mol. The minimum absolute atomic E-state index is 0.193. The molecule has 0 aromatic heterocycles. The fraction of sp³-hybridized carbons (Fsp3) is 0.889. The van der Waals surface area contributed by atoms with Gasteiger partial charge in [-0.2, -0.15) is 0 Å². The van der Waals surface area contributed by atoms with E-state index in [1.807, 2.05) is 0 Å². The van der Waals surface area contributed by atoms with Gasteiger partial charge < -0.3 is 20.3 Å². The third kappa shape index (κ3) is 2.67. The molecule has 2 unspecified atom stereocenters. The third-order valence-electron chi connectivity index (χ3n) is 2.32. The van der Waals surface area contributed by atoms with Crippen LogP contribution in [0.15, 0.2) is 0 Å². The molecule has 0 bridgehead atoms. The molecule has 82 valence electrons. The highest BCUT2D eigenvalue weighted by Gasteiger charge is 2.41. The molecule has 14 heavy (non-hydrogen) atoms. The summed E-state index contributed by atoms with van der Waals surface area (Å²) in [4.78, 5) is 10.8. The summed E-state index contributed by atoms with van der Waals surface area (Å²) < 4.78 is 5.15. The quantitative estimate of drug-likeness (QED) is 0.530. The summed E-state index contributed by atoms with van der Waals surface area (Å²) in [5.41, 5.74) is 0. The lowest BCUT2D eigenvalue weighted by Crippen LogP contribution is -2.58. The molecule has 1 rings (SSSR count). The molecule has 1 heterocycles. The molecule has 0 aliphatic carbocycles. The molecule has 0 aromatic rings. The van der Waals surface area contributed by atoms with Gasteiger partial charge in [0.2, 0.25) is 5.91 Å². The summed E-state index contributed by atoms with van der Waals surface area (Å²) in [6.07, 6.45) is -1.08. The average Bonchev–Trinajstić information content (AvgIpc) is 1.97. The van der Waals surface area contributed by atoms with Gasteiger partial charge in [-0.05, 0) is 13.8 Å². The van der Waals surface area contributed by atoms with E-state index in [0.29, 0.717) is 0 Å². The largest absolute Gasteiger partial charge is 0.388 e. The minimum atomic E-state index is -1.29. The zero-order valence-electron chi connectivity index (χ0n) is 8.65. The number of ether oxygens (including phenoxy) is 1. The molecule has 1 amide bonds. The van der Waals surface area contributed by atoms with Crippen molar-refractivity contribution in [2.75, 3.05) is 0 Å². The normalized spacial score (nSPS) is 43.4. The van der Waals surface area contributed by atoms with E-state index in [0.717, 1.165) is 0 Å². The van der Waals surface area contributed by atoms with Crippen molar-refractivity contribution in [1.82, 2.24) is 5.32 Å². The number of carbonyl (C=O) groups excluding carboxylic acids is 1. The maximum atomic E-state index is 10.8. The maximum absolute atomic E-state index is 10.8. The Labute approximate surface area is 83.1 Å². The first kappa shape index (κ1) is 11.4. The first-order valence-corrected chi connectivity index (χ1v) is 4.67. The Balaban J connectivity index is 2.68. The number of carbonyl (C=O) groups is 1. The highest BCUT2D eigenvalue weighted by molar-refractivity contribution is 5.73. The molecular formula is C9H17NO4. The maximum Gasteiger partial charge on any atom is 0.217 e. The third-order valence-corrected chi connectivity index (χ3v) is 2.32. The molecule has 1 aliphatic rings. The van der Waals surface area contributed by atoms with Crippen molar-refractivity contribution in [3.63, 3.8) is 0 Å². The van der Waals surface area contributed by atoms with Crippen LogP contribution in [0.4, 0.5) is 0 Å². The second-order valence-corrected chi connectivity index (χ2v) is 4.00. The van der Waals surface area contributed by atoms with Gasteiger partial charge in [0.15, 0.2) is 5.79 Å². The zero-order valence-corrected chi connectivity index (χ0v) is 8.65. The summed E-state index contributed by atoms with van der Waals surface area (Å²) in [6, 6.07) is -0.453. The predicted molar refractivity (Wildman–Crippen MR) is 49.4 cm³/mol. The van der Waals surface area contributed by atoms with E-state index < -0.39 is 24.0 Å². The van der Waals surface area contributed by atoms with Gasteiger partial charge in [-0.1, -0.05) is 0 Å². The van der Waals surface area contributed by atoms with Crippen molar-refractivity contribution in [2.24, 2.45) is 0 Å². The van der Waals surface area contributed by atoms with Gasteiger partial charge in [0.25, 0.3) is 0 Å². The minimum Gasteiger partial charge on any atom is -0.388 e. The lowest BCUT2D eigenvalue weighted by atomic mass is 9.94. The lowest BCUT2D eigenvalue weighted by molar-refractivity contribution is -0.268. The van der Waals surface area contributed by atoms with E-state index >= 15 is 0 Å². The Morgan fingerprint density at radius 1 is 1.64 bits per heavy atom. The molecule has 4 atom stereocenters. The first-order chi connectivity index (χ1) is 6.32. The standard InChI is InChI=1S/C9H17NO4/c1-5-8(12)7(10-6(2)11)4-9(3,13)14-5/h5,7-8,12-13H,4H2,1-3H3,(H,10,11)/t5?,7?,8-,9+/m1/s1. The van der Waals surface area contributed by atoms with Crippen molar-refractivity contribution in [3.05, 3.63) is 0 Å². The molecule has 0 spiro atoms. The van der Waals surface area contributed by atoms with Gasteiger partial charge in [-0.3, -0.25) is 4.79 Å². The summed E-state index contributed by atoms with van der Waals surface area (Å²) in [5.74, 6) is -1.51. The number of aliphatic hydroxyl groups is 2. The van der Waals surface area contributed by atoms with Crippen LogP contribution in [0.1, 0.15) is 27.2 Å². The molecule has 0 aromatic carbocycles. The van der Waals surface area contributed by atoms with E-state index in [1.165, 1.54) is 13.8 Å². The van der Waals surface area contributed by atoms with Crippen LogP contribution in [0, 0.1) is 0 Å². The zero-order chi connectivity index (χ0) is 10.9. The number of hydrogen-bond donors (Lipinski definition) is 3. The van der Waals surface area contributed by atoms with E-state index in [4.69, 9.17) is 4.74 Å². The van der Waals surface area contributed by atoms with E-state index in [-0.39, 0.29) is 12.3 Å². The van der Waals surface area contributed by atoms with E-state index in [2.05, 4.69) is 5.32 Å². The van der Waals surface area contributed by atoms with Crippen molar-refractivity contribution in [2.45, 2.75) is 51.2 Å². The van der Waals surface area contributed by atoms with E-state index in [9.17, 15) is 15.0 Å². The molecule has 1 fully saturated rings. The fourth-order valence-electron chi connectivity index (χ4n) is 1.77. The molecule has 1 saturated heterocycles. The first-order valence-electron chi connectivity index (χ1n) is 4.67. The summed E-state index contributed by atoms with van der Waals surface area (Å²) in [7, 11) is 0. The van der Waals surface area contributed by atoms with Gasteiger partial charge in [0, 0.05) is 13.3 Å². The number of aliphatic hydroxyl groups excluding tert-OH is 1. The number of rotatable bonds is 1. The van der Waals surface area contributed by atoms with Crippen LogP contribution in [0.3, 0.4) is 0 Å². The SMILES string of the molecule is CC(=O)NC1C[C@@](C)(O)OC(C)[C@H]1O. The van der Waals surface area contributed by atoms with Crippen molar-refractivity contribution in [3.8, 4) is 0 Å². The van der Waals surface area contributed by atoms with Gasteiger partial charge >= 0.3 is 0 Å². The Morgan fingerprint density at radius 2 is 2.21 bits per heavy atom. The highest BCUT2D eigenvalue weighted by Crippen LogP contribution is 2.26. The smallest absolute Gasteiger partial charge is 0.217 e. The molecule has 5 nitrogen and oxygen atoms in total. The summed E-state index contributed by atoms with van der Waals surface area (Å²) in [6.45, 7) is 4.55. The Morgan fingerprint density at radius 3 is 2.71 bits per heavy atom. The second-order valence-electron chi connectivity index (χ2n) is 4.00. The Kier molecular flexibility index (Phi) is 3.14. The van der Waals surface area contributed by atoms with Gasteiger partial charge in [-0.15, -0.1) is 0 Å². The van der Waals surface area contributed by atoms with Crippen molar-refractivity contribution < 1.29 is 19.7 Å². The summed E-state index contributed by atoms with van der Waals surface area (Å²) >= 11 is 0. The van der Waals surface area contributed by atoms with Crippen LogP contribution in [0.5, 0.6) is 0 Å². The molecule has 0 radical (unpaired) electrons. The lowest BCUT2D eigenvalue weighted by Gasteiger charge is -2.41. The number of hydrogen-bond acceptors (Lipinski definition) is 4. The highest BCUT2D eigenvalue weighted by atomic mass is 16.6. The summed E-state index contributed by atoms with van der Waals surface area (Å²) in [5, 5.41) is 21.9. The topological polar surface area (TPSA) is 78.8 Å². The molecule has 0 saturated carbocycles. The fourth-order valence-corrected chi connectivity index (χ4v) is 1.77. The van der Waals surface area contributed by atoms with Crippen LogP contribution in [-0.2, 0) is 9.53 Å². The van der Waals surface area contributed by atoms with Gasteiger partial charge in [0.05, 0.1) is 12.1 Å². The van der Waals surface area contributed by atoms with Crippen LogP contribution < -0.4 is 5.32 Å². The van der Waals surface area contributed by atoms with Crippen molar-refractivity contribution in [1.29, 1.82) is 0 Å². The van der Waals surface area contributed by atoms with Gasteiger partial charge in [0.1, 0.15) is 6.10 Å². The van der Waals surface area contributed by atoms with Gasteiger partial charge in [-0.25, -0.2) is 0 Å². The van der Waals surface area contributed by atoms with Crippen LogP contribution in [0.25, 0.3) is 0 Å².